The normalized spacial score (nSPS) is 12.2. The van der Waals surface area contributed by atoms with Crippen LogP contribution in [0.1, 0.15) is 18.7 Å². The number of rotatable bonds is 5. The van der Waals surface area contributed by atoms with Crippen molar-refractivity contribution in [2.75, 3.05) is 5.75 Å². The summed E-state index contributed by atoms with van der Waals surface area (Å²) < 4.78 is 5.23. The van der Waals surface area contributed by atoms with Crippen LogP contribution in [-0.2, 0) is 4.79 Å². The van der Waals surface area contributed by atoms with Gasteiger partial charge in [-0.1, -0.05) is 29.3 Å². The summed E-state index contributed by atoms with van der Waals surface area (Å²) in [4.78, 5) is 12.6. The van der Waals surface area contributed by atoms with E-state index in [1.54, 1.807) is 30.5 Å². The predicted molar refractivity (Wildman–Crippen MR) is 82.5 cm³/mol. The number of amides is 1. The van der Waals surface area contributed by atoms with Crippen molar-refractivity contribution in [3.05, 3.63) is 52.4 Å². The summed E-state index contributed by atoms with van der Waals surface area (Å²) in [5.74, 6) is 0.864. The van der Waals surface area contributed by atoms with E-state index in [0.717, 1.165) is 10.7 Å². The molecule has 0 radical (unpaired) electrons. The fourth-order valence-electron chi connectivity index (χ4n) is 1.65. The van der Waals surface area contributed by atoms with Gasteiger partial charge in [-0.05, 0) is 31.2 Å². The Balaban J connectivity index is 1.89. The minimum absolute atomic E-state index is 0.102. The summed E-state index contributed by atoms with van der Waals surface area (Å²) in [6.07, 6.45) is 1.58. The van der Waals surface area contributed by atoms with Gasteiger partial charge in [-0.15, -0.1) is 11.8 Å². The molecule has 2 rings (SSSR count). The monoisotopic (exact) mass is 329 g/mol. The van der Waals surface area contributed by atoms with Crippen molar-refractivity contribution in [2.24, 2.45) is 0 Å². The van der Waals surface area contributed by atoms with Crippen molar-refractivity contribution in [2.45, 2.75) is 17.9 Å². The highest BCUT2D eigenvalue weighted by molar-refractivity contribution is 8.00. The van der Waals surface area contributed by atoms with Crippen molar-refractivity contribution in [3.8, 4) is 0 Å². The van der Waals surface area contributed by atoms with Crippen molar-refractivity contribution in [1.29, 1.82) is 0 Å². The van der Waals surface area contributed by atoms with E-state index >= 15 is 0 Å². The summed E-state index contributed by atoms with van der Waals surface area (Å²) in [7, 11) is 0. The maximum Gasteiger partial charge on any atom is 0.230 e. The van der Waals surface area contributed by atoms with Gasteiger partial charge in [0.15, 0.2) is 0 Å². The van der Waals surface area contributed by atoms with Crippen LogP contribution < -0.4 is 5.32 Å². The van der Waals surface area contributed by atoms with Gasteiger partial charge < -0.3 is 9.73 Å². The molecule has 1 amide bonds. The first-order valence-corrected chi connectivity index (χ1v) is 7.71. The van der Waals surface area contributed by atoms with Crippen molar-refractivity contribution in [1.82, 2.24) is 5.32 Å². The van der Waals surface area contributed by atoms with Crippen LogP contribution in [0.5, 0.6) is 0 Å². The Morgan fingerprint density at radius 1 is 1.30 bits per heavy atom. The number of hydrogen-bond acceptors (Lipinski definition) is 3. The van der Waals surface area contributed by atoms with E-state index in [-0.39, 0.29) is 17.7 Å². The summed E-state index contributed by atoms with van der Waals surface area (Å²) in [6.45, 7) is 1.86. The number of hydrogen-bond donors (Lipinski definition) is 1. The molecule has 0 aliphatic rings. The zero-order valence-electron chi connectivity index (χ0n) is 10.7. The third kappa shape index (κ3) is 3.95. The number of nitrogens with one attached hydrogen (secondary N) is 1. The number of halogens is 2. The topological polar surface area (TPSA) is 42.2 Å². The van der Waals surface area contributed by atoms with E-state index in [4.69, 9.17) is 27.6 Å². The third-order valence-corrected chi connectivity index (χ3v) is 4.60. The van der Waals surface area contributed by atoms with Crippen LogP contribution in [0.4, 0.5) is 0 Å². The smallest absolute Gasteiger partial charge is 0.230 e. The average Bonchev–Trinajstić information content (AvgIpc) is 2.92. The van der Waals surface area contributed by atoms with Crippen LogP contribution in [0.25, 0.3) is 0 Å². The summed E-state index contributed by atoms with van der Waals surface area (Å²) in [6, 6.07) is 8.71. The molecule has 0 aliphatic carbocycles. The molecule has 0 saturated carbocycles. The van der Waals surface area contributed by atoms with E-state index < -0.39 is 0 Å². The fourth-order valence-corrected chi connectivity index (χ4v) is 3.15. The zero-order valence-corrected chi connectivity index (χ0v) is 13.1. The lowest BCUT2D eigenvalue weighted by Crippen LogP contribution is -2.27. The lowest BCUT2D eigenvalue weighted by Gasteiger charge is -2.12. The van der Waals surface area contributed by atoms with E-state index in [1.165, 1.54) is 11.8 Å². The molecule has 0 aliphatic heterocycles. The van der Waals surface area contributed by atoms with Gasteiger partial charge in [-0.2, -0.15) is 0 Å². The van der Waals surface area contributed by atoms with Crippen molar-refractivity contribution in [3.63, 3.8) is 0 Å². The standard InChI is InChI=1S/C14H13Cl2NO2S/c1-9(12-6-3-7-19-12)17-13(18)8-20-14-10(15)4-2-5-11(14)16/h2-7,9H,8H2,1H3,(H,17,18)/t9-/m1/s1. The molecule has 0 saturated heterocycles. The van der Waals surface area contributed by atoms with Gasteiger partial charge in [0.05, 0.1) is 28.1 Å². The molecule has 0 spiro atoms. The molecule has 106 valence electrons. The minimum Gasteiger partial charge on any atom is -0.467 e. The number of furan rings is 1. The third-order valence-electron chi connectivity index (χ3n) is 2.61. The molecule has 1 aromatic heterocycles. The molecule has 0 unspecified atom stereocenters. The highest BCUT2D eigenvalue weighted by Gasteiger charge is 2.13. The largest absolute Gasteiger partial charge is 0.467 e. The molecular weight excluding hydrogens is 317 g/mol. The molecular formula is C14H13Cl2NO2S. The van der Waals surface area contributed by atoms with Gasteiger partial charge in [0.1, 0.15) is 5.76 Å². The maximum absolute atomic E-state index is 11.9. The molecule has 0 bridgehead atoms. The first-order valence-electron chi connectivity index (χ1n) is 5.97. The van der Waals surface area contributed by atoms with E-state index in [1.807, 2.05) is 13.0 Å². The van der Waals surface area contributed by atoms with Gasteiger partial charge in [-0.25, -0.2) is 0 Å². The van der Waals surface area contributed by atoms with Crippen LogP contribution in [-0.4, -0.2) is 11.7 Å². The molecule has 6 heteroatoms. The molecule has 1 aromatic carbocycles. The number of carbonyl (C=O) groups is 1. The Hall–Kier alpha value is -1.10. The average molecular weight is 330 g/mol. The quantitative estimate of drug-likeness (QED) is 0.818. The summed E-state index contributed by atoms with van der Waals surface area (Å²) in [5, 5.41) is 3.95. The molecule has 20 heavy (non-hydrogen) atoms. The van der Waals surface area contributed by atoms with Gasteiger partial charge in [0, 0.05) is 4.90 Å². The maximum atomic E-state index is 11.9. The first kappa shape index (κ1) is 15.3. The number of carbonyl (C=O) groups excluding carboxylic acids is 1. The van der Waals surface area contributed by atoms with Crippen molar-refractivity contribution >= 4 is 40.9 Å². The molecule has 1 N–H and O–H groups in total. The van der Waals surface area contributed by atoms with Crippen molar-refractivity contribution < 1.29 is 9.21 Å². The Bertz CT molecular complexity index is 567. The summed E-state index contributed by atoms with van der Waals surface area (Å²) in [5.41, 5.74) is 0. The van der Waals surface area contributed by atoms with E-state index in [9.17, 15) is 4.79 Å². The van der Waals surface area contributed by atoms with Gasteiger partial charge >= 0.3 is 0 Å². The minimum atomic E-state index is -0.167. The van der Waals surface area contributed by atoms with Crippen LogP contribution in [0.15, 0.2) is 45.9 Å². The molecule has 0 fully saturated rings. The second kappa shape index (κ2) is 7.07. The highest BCUT2D eigenvalue weighted by Crippen LogP contribution is 2.33. The number of thioether (sulfide) groups is 1. The highest BCUT2D eigenvalue weighted by atomic mass is 35.5. The van der Waals surface area contributed by atoms with Crippen LogP contribution in [0, 0.1) is 0 Å². The molecule has 1 heterocycles. The predicted octanol–water partition coefficient (Wildman–Crippen LogP) is 4.56. The van der Waals surface area contributed by atoms with Gasteiger partial charge in [-0.3, -0.25) is 4.79 Å². The molecule has 1 atom stereocenters. The van der Waals surface area contributed by atoms with Gasteiger partial charge in [0.25, 0.3) is 0 Å². The second-order valence-corrected chi connectivity index (χ2v) is 5.94. The Morgan fingerprint density at radius 2 is 2.00 bits per heavy atom. The Kier molecular flexibility index (Phi) is 5.40. The fraction of sp³-hybridized carbons (Fsp3) is 0.214. The van der Waals surface area contributed by atoms with E-state index in [0.29, 0.717) is 10.0 Å². The number of benzene rings is 1. The van der Waals surface area contributed by atoms with Crippen LogP contribution in [0.2, 0.25) is 10.0 Å². The Labute approximate surface area is 131 Å². The lowest BCUT2D eigenvalue weighted by atomic mass is 10.2. The molecule has 3 nitrogen and oxygen atoms in total. The SMILES string of the molecule is C[C@@H](NC(=O)CSc1c(Cl)cccc1Cl)c1ccco1. The second-order valence-electron chi connectivity index (χ2n) is 4.14. The zero-order chi connectivity index (χ0) is 14.5. The lowest BCUT2D eigenvalue weighted by molar-refractivity contribution is -0.119. The summed E-state index contributed by atoms with van der Waals surface area (Å²) >= 11 is 13.4. The van der Waals surface area contributed by atoms with Gasteiger partial charge in [0.2, 0.25) is 5.91 Å². The van der Waals surface area contributed by atoms with E-state index in [2.05, 4.69) is 5.32 Å². The molecule has 2 aromatic rings. The Morgan fingerprint density at radius 3 is 2.60 bits per heavy atom. The van der Waals surface area contributed by atoms with Crippen LogP contribution >= 0.6 is 35.0 Å². The first-order chi connectivity index (χ1) is 9.58. The van der Waals surface area contributed by atoms with Crippen LogP contribution in [0.3, 0.4) is 0 Å².